The fraction of sp³-hybridized carbons (Fsp3) is 0.214. The highest BCUT2D eigenvalue weighted by atomic mass is 32.2. The van der Waals surface area contributed by atoms with Crippen molar-refractivity contribution in [3.05, 3.63) is 53.5 Å². The van der Waals surface area contributed by atoms with Crippen LogP contribution in [0.5, 0.6) is 0 Å². The van der Waals surface area contributed by atoms with Crippen LogP contribution in [0.4, 0.5) is 0 Å². The SMILES string of the molecule is Cc1ccc([C@H](C)NS(=O)(=O)c2ccc(C(=O)O)cc2)o1. The Morgan fingerprint density at radius 1 is 1.19 bits per heavy atom. The second-order valence-electron chi connectivity index (χ2n) is 4.62. The van der Waals surface area contributed by atoms with Crippen molar-refractivity contribution < 1.29 is 22.7 Å². The molecule has 0 saturated heterocycles. The van der Waals surface area contributed by atoms with E-state index in [9.17, 15) is 13.2 Å². The van der Waals surface area contributed by atoms with Crippen molar-refractivity contribution in [2.45, 2.75) is 24.8 Å². The predicted molar refractivity (Wildman–Crippen MR) is 75.6 cm³/mol. The van der Waals surface area contributed by atoms with E-state index in [1.165, 1.54) is 24.3 Å². The van der Waals surface area contributed by atoms with Crippen LogP contribution in [-0.2, 0) is 10.0 Å². The van der Waals surface area contributed by atoms with Gasteiger partial charge >= 0.3 is 5.97 Å². The number of carboxylic acid groups (broad SMARTS) is 1. The molecule has 21 heavy (non-hydrogen) atoms. The first-order chi connectivity index (χ1) is 9.79. The largest absolute Gasteiger partial charge is 0.478 e. The lowest BCUT2D eigenvalue weighted by Crippen LogP contribution is -2.26. The number of furan rings is 1. The number of hydrogen-bond donors (Lipinski definition) is 2. The lowest BCUT2D eigenvalue weighted by molar-refractivity contribution is 0.0696. The summed E-state index contributed by atoms with van der Waals surface area (Å²) in [6.45, 7) is 3.44. The van der Waals surface area contributed by atoms with Crippen molar-refractivity contribution in [1.29, 1.82) is 0 Å². The first kappa shape index (κ1) is 15.3. The van der Waals surface area contributed by atoms with Crippen LogP contribution in [0.25, 0.3) is 0 Å². The van der Waals surface area contributed by atoms with Crippen molar-refractivity contribution in [1.82, 2.24) is 4.72 Å². The molecule has 6 nitrogen and oxygen atoms in total. The molecular formula is C14H15NO5S. The smallest absolute Gasteiger partial charge is 0.335 e. The lowest BCUT2D eigenvalue weighted by Gasteiger charge is -2.12. The molecule has 2 rings (SSSR count). The zero-order valence-electron chi connectivity index (χ0n) is 11.5. The normalized spacial score (nSPS) is 13.0. The number of sulfonamides is 1. The third-order valence-corrected chi connectivity index (χ3v) is 4.49. The molecule has 2 N–H and O–H groups in total. The van der Waals surface area contributed by atoms with E-state index in [0.29, 0.717) is 11.5 Å². The third-order valence-electron chi connectivity index (χ3n) is 2.93. The zero-order chi connectivity index (χ0) is 15.6. The van der Waals surface area contributed by atoms with E-state index in [0.717, 1.165) is 0 Å². The fourth-order valence-electron chi connectivity index (χ4n) is 1.82. The molecule has 0 saturated carbocycles. The van der Waals surface area contributed by atoms with Crippen LogP contribution in [0.1, 0.15) is 34.8 Å². The van der Waals surface area contributed by atoms with Gasteiger partial charge in [-0.1, -0.05) is 0 Å². The fourth-order valence-corrected chi connectivity index (χ4v) is 3.03. The number of benzene rings is 1. The third kappa shape index (κ3) is 3.50. The number of aryl methyl sites for hydroxylation is 1. The molecule has 0 fully saturated rings. The summed E-state index contributed by atoms with van der Waals surface area (Å²) in [6.07, 6.45) is 0. The number of nitrogens with one attached hydrogen (secondary N) is 1. The van der Waals surface area contributed by atoms with Gasteiger partial charge < -0.3 is 9.52 Å². The van der Waals surface area contributed by atoms with Crippen LogP contribution in [0, 0.1) is 6.92 Å². The highest BCUT2D eigenvalue weighted by molar-refractivity contribution is 7.89. The molecule has 112 valence electrons. The highest BCUT2D eigenvalue weighted by Crippen LogP contribution is 2.19. The van der Waals surface area contributed by atoms with E-state index in [1.807, 2.05) is 0 Å². The summed E-state index contributed by atoms with van der Waals surface area (Å²) in [6, 6.07) is 7.94. The molecule has 1 aromatic heterocycles. The van der Waals surface area contributed by atoms with Crippen molar-refractivity contribution in [2.24, 2.45) is 0 Å². The molecule has 0 bridgehead atoms. The van der Waals surface area contributed by atoms with Crippen LogP contribution in [0.15, 0.2) is 45.7 Å². The Balaban J connectivity index is 2.19. The number of rotatable bonds is 5. The Labute approximate surface area is 122 Å². The Morgan fingerprint density at radius 3 is 2.29 bits per heavy atom. The van der Waals surface area contributed by atoms with Gasteiger partial charge in [0, 0.05) is 0 Å². The van der Waals surface area contributed by atoms with Gasteiger partial charge in [0.15, 0.2) is 0 Å². The van der Waals surface area contributed by atoms with Crippen LogP contribution < -0.4 is 4.72 Å². The number of carbonyl (C=O) groups is 1. The molecule has 0 spiro atoms. The van der Waals surface area contributed by atoms with Gasteiger partial charge in [0.05, 0.1) is 16.5 Å². The van der Waals surface area contributed by atoms with Gasteiger partial charge in [-0.3, -0.25) is 0 Å². The molecule has 0 amide bonds. The van der Waals surface area contributed by atoms with E-state index in [1.54, 1.807) is 26.0 Å². The molecule has 0 aliphatic heterocycles. The molecule has 2 aromatic rings. The second kappa shape index (κ2) is 5.71. The van der Waals surface area contributed by atoms with Gasteiger partial charge in [0.25, 0.3) is 0 Å². The molecule has 1 aromatic carbocycles. The maximum atomic E-state index is 12.2. The summed E-state index contributed by atoms with van der Waals surface area (Å²) in [7, 11) is -3.74. The van der Waals surface area contributed by atoms with Crippen molar-refractivity contribution in [3.8, 4) is 0 Å². The van der Waals surface area contributed by atoms with E-state index in [-0.39, 0.29) is 10.5 Å². The molecular weight excluding hydrogens is 294 g/mol. The Bertz CT molecular complexity index is 746. The molecule has 1 atom stereocenters. The molecule has 7 heteroatoms. The first-order valence-electron chi connectivity index (χ1n) is 6.21. The van der Waals surface area contributed by atoms with Gasteiger partial charge in [0.2, 0.25) is 10.0 Å². The summed E-state index contributed by atoms with van der Waals surface area (Å²) in [5.41, 5.74) is 0.0312. The molecule has 0 radical (unpaired) electrons. The Kier molecular flexibility index (Phi) is 4.15. The van der Waals surface area contributed by atoms with Gasteiger partial charge in [-0.25, -0.2) is 17.9 Å². The van der Waals surface area contributed by atoms with Crippen LogP contribution in [-0.4, -0.2) is 19.5 Å². The van der Waals surface area contributed by atoms with E-state index < -0.39 is 22.0 Å². The maximum absolute atomic E-state index is 12.2. The Hall–Kier alpha value is -2.12. The molecule has 0 unspecified atom stereocenters. The summed E-state index contributed by atoms with van der Waals surface area (Å²) in [5, 5.41) is 8.80. The maximum Gasteiger partial charge on any atom is 0.335 e. The van der Waals surface area contributed by atoms with Crippen LogP contribution in [0.3, 0.4) is 0 Å². The summed E-state index contributed by atoms with van der Waals surface area (Å²) < 4.78 is 32.3. The quantitative estimate of drug-likeness (QED) is 0.883. The van der Waals surface area contributed by atoms with Crippen molar-refractivity contribution in [3.63, 3.8) is 0 Å². The van der Waals surface area contributed by atoms with Crippen LogP contribution >= 0.6 is 0 Å². The monoisotopic (exact) mass is 309 g/mol. The van der Waals surface area contributed by atoms with E-state index in [4.69, 9.17) is 9.52 Å². The predicted octanol–water partition coefficient (Wildman–Crippen LogP) is 2.33. The van der Waals surface area contributed by atoms with Crippen molar-refractivity contribution in [2.75, 3.05) is 0 Å². The minimum Gasteiger partial charge on any atom is -0.478 e. The summed E-state index contributed by atoms with van der Waals surface area (Å²) in [4.78, 5) is 10.8. The topological polar surface area (TPSA) is 96.6 Å². The van der Waals surface area contributed by atoms with Gasteiger partial charge in [0.1, 0.15) is 11.5 Å². The average molecular weight is 309 g/mol. The lowest BCUT2D eigenvalue weighted by atomic mass is 10.2. The van der Waals surface area contributed by atoms with E-state index in [2.05, 4.69) is 4.72 Å². The molecule has 1 heterocycles. The number of hydrogen-bond acceptors (Lipinski definition) is 4. The standard InChI is InChI=1S/C14H15NO5S/c1-9-3-8-13(20-9)10(2)15-21(18,19)12-6-4-11(5-7-12)14(16)17/h3-8,10,15H,1-2H3,(H,16,17)/t10-/m0/s1. The van der Waals surface area contributed by atoms with E-state index >= 15 is 0 Å². The summed E-state index contributed by atoms with van der Waals surface area (Å²) >= 11 is 0. The molecule has 0 aliphatic carbocycles. The Morgan fingerprint density at radius 2 is 1.81 bits per heavy atom. The first-order valence-corrected chi connectivity index (χ1v) is 7.70. The molecule has 0 aliphatic rings. The van der Waals surface area contributed by atoms with Gasteiger partial charge in [-0.15, -0.1) is 0 Å². The minimum absolute atomic E-state index is 0.00243. The van der Waals surface area contributed by atoms with Crippen molar-refractivity contribution >= 4 is 16.0 Å². The number of carboxylic acids is 1. The van der Waals surface area contributed by atoms with Crippen LogP contribution in [0.2, 0.25) is 0 Å². The average Bonchev–Trinajstić information content (AvgIpc) is 2.85. The number of aromatic carboxylic acids is 1. The second-order valence-corrected chi connectivity index (χ2v) is 6.33. The zero-order valence-corrected chi connectivity index (χ0v) is 12.3. The van der Waals surface area contributed by atoms with Gasteiger partial charge in [-0.2, -0.15) is 0 Å². The highest BCUT2D eigenvalue weighted by Gasteiger charge is 2.20. The minimum atomic E-state index is -3.74. The van der Waals surface area contributed by atoms with Gasteiger partial charge in [-0.05, 0) is 50.2 Å². The summed E-state index contributed by atoms with van der Waals surface area (Å²) in [5.74, 6) is 0.103.